The fourth-order valence-electron chi connectivity index (χ4n) is 9.45. The van der Waals surface area contributed by atoms with E-state index < -0.39 is 49.2 Å². The van der Waals surface area contributed by atoms with Crippen LogP contribution in [0.2, 0.25) is 0 Å². The Morgan fingerprint density at radius 2 is 1.07 bits per heavy atom. The molecule has 7 rings (SSSR count). The summed E-state index contributed by atoms with van der Waals surface area (Å²) in [5, 5.41) is 13.3. The standard InChI is InChI=1S/C25H38N4O6S.C19H28N4O2.C12H19N3O4S.2CH4/c1-24(2,3)35-22(30)14-36(31,32)28-15-25(4,5)17-8-10-29(11-9-17)23-18-12-20(33-6)21(34-7)13-19(18)26-16-27-23;1-19(2,11-20)13-5-7-23(8-6-13)18-14-9-16(24-3)17(25-4)10-15(14)21-12-22-18;1-12(2,3)19-11(16)13-20(17,18)15-8-6-10(7-9-15)14(4)5;;/h12-13,16-17,28H,8-11,14-15H2,1-7H3;9-10,12-13H,5-8,11,20H2,1-4H3;6-9H,1-5H3;2*1H4. The lowest BCUT2D eigenvalue weighted by Gasteiger charge is -2.41. The lowest BCUT2D eigenvalue weighted by Crippen LogP contribution is -2.45. The fourth-order valence-corrected chi connectivity index (χ4v) is 11.3. The molecule has 2 aromatic carbocycles. The van der Waals surface area contributed by atoms with E-state index in [4.69, 9.17) is 34.2 Å². The summed E-state index contributed by atoms with van der Waals surface area (Å²) in [6, 6.07) is 10.8. The average molecular weight is 1200 g/mol. The zero-order chi connectivity index (χ0) is 60.3. The third kappa shape index (κ3) is 19.8. The molecule has 0 aliphatic carbocycles. The van der Waals surface area contributed by atoms with Crippen molar-refractivity contribution in [2.45, 2.75) is 121 Å². The van der Waals surface area contributed by atoms with E-state index in [-0.39, 0.29) is 32.2 Å². The van der Waals surface area contributed by atoms with Gasteiger partial charge in [0.05, 0.1) is 39.5 Å². The molecule has 0 atom stereocenters. The van der Waals surface area contributed by atoms with Crippen molar-refractivity contribution in [1.82, 2.24) is 24.7 Å². The second-order valence-electron chi connectivity index (χ2n) is 23.5. The van der Waals surface area contributed by atoms with Crippen LogP contribution in [0.4, 0.5) is 17.3 Å². The number of nitrogens with two attached hydrogens (primary N) is 1. The molecule has 0 spiro atoms. The Morgan fingerprint density at radius 3 is 1.45 bits per heavy atom. The molecule has 5 heterocycles. The van der Waals surface area contributed by atoms with Crippen molar-refractivity contribution < 1.29 is 59.1 Å². The highest BCUT2D eigenvalue weighted by Gasteiger charge is 2.36. The second kappa shape index (κ2) is 29.3. The zero-order valence-corrected chi connectivity index (χ0v) is 51.7. The summed E-state index contributed by atoms with van der Waals surface area (Å²) in [6.07, 6.45) is 8.68. The zero-order valence-electron chi connectivity index (χ0n) is 50.0. The summed E-state index contributed by atoms with van der Waals surface area (Å²) in [4.78, 5) is 36.3. The van der Waals surface area contributed by atoms with E-state index in [1.807, 2.05) is 43.3 Å². The van der Waals surface area contributed by atoms with Crippen molar-refractivity contribution in [2.24, 2.45) is 32.8 Å². The molecule has 2 aliphatic rings. The first-order chi connectivity index (χ1) is 37.7. The number of carbonyl (C=O) groups excluding carboxylic acids is 1. The second-order valence-corrected chi connectivity index (χ2v) is 26.9. The minimum atomic E-state index is -4.13. The van der Waals surface area contributed by atoms with E-state index in [1.165, 1.54) is 12.4 Å². The van der Waals surface area contributed by atoms with Gasteiger partial charge in [0.25, 0.3) is 0 Å². The highest BCUT2D eigenvalue weighted by atomic mass is 32.2. The average Bonchev–Trinajstić information content (AvgIpc) is 3.40. The van der Waals surface area contributed by atoms with Crippen LogP contribution in [-0.2, 0) is 34.5 Å². The van der Waals surface area contributed by atoms with Gasteiger partial charge >= 0.3 is 16.2 Å². The number of ether oxygens (including phenoxy) is 6. The molecule has 3 aromatic heterocycles. The number of carbonyl (C=O) groups is 1. The first kappa shape index (κ1) is 70.7. The smallest absolute Gasteiger partial charge is 0.493 e. The van der Waals surface area contributed by atoms with E-state index in [9.17, 15) is 26.7 Å². The normalized spacial score (nSPS) is 14.9. The number of pyridine rings is 1. The Balaban J connectivity index is 0.000000338. The number of sulfonamides is 1. The molecule has 0 amide bonds. The van der Waals surface area contributed by atoms with Crippen LogP contribution in [-0.4, -0.2) is 148 Å². The van der Waals surface area contributed by atoms with Gasteiger partial charge in [0.1, 0.15) is 29.9 Å². The maximum atomic E-state index is 12.5. The van der Waals surface area contributed by atoms with E-state index >= 15 is 0 Å². The molecule has 2 saturated heterocycles. The topological polar surface area (TPSA) is 279 Å². The summed E-state index contributed by atoms with van der Waals surface area (Å²) < 4.78 is 87.0. The van der Waals surface area contributed by atoms with Crippen molar-refractivity contribution in [2.75, 3.05) is 102 Å². The van der Waals surface area contributed by atoms with Gasteiger partial charge in [-0.15, -0.1) is 8.42 Å². The molecule has 0 bridgehead atoms. The lowest BCUT2D eigenvalue weighted by molar-refractivity contribution is -0.511. The van der Waals surface area contributed by atoms with Crippen LogP contribution in [0, 0.1) is 22.7 Å². The van der Waals surface area contributed by atoms with Gasteiger partial charge in [-0.2, -0.15) is 0 Å². The summed E-state index contributed by atoms with van der Waals surface area (Å²) in [5.41, 5.74) is 6.80. The van der Waals surface area contributed by atoms with Crippen molar-refractivity contribution in [3.05, 3.63) is 61.4 Å². The molecule has 23 nitrogen and oxygen atoms in total. The van der Waals surface area contributed by atoms with E-state index in [0.29, 0.717) is 34.8 Å². The highest BCUT2D eigenvalue weighted by molar-refractivity contribution is 7.90. The van der Waals surface area contributed by atoms with E-state index in [0.717, 1.165) is 102 Å². The Morgan fingerprint density at radius 1 is 0.675 bits per heavy atom. The number of piperidine rings is 2. The SMILES string of the molecule is C.C.CN(C)c1cc[n+](S(=O)(=O)N=C([O-])OC(C)(C)C)cc1.COc1cc2ncnc(N3CCC(C(C)(C)CN)CC3)c2cc1OC.COc1cc2ncnc(N3CCC(C(C)(C)CNS(=O)(=O)CC(=O)OC(C)(C)C)CC3)c2cc1OC. The number of hydrogen-bond acceptors (Lipinski definition) is 20. The lowest BCUT2D eigenvalue weighted by atomic mass is 9.74. The van der Waals surface area contributed by atoms with Crippen LogP contribution >= 0.6 is 0 Å². The van der Waals surface area contributed by atoms with Gasteiger partial charge in [-0.1, -0.05) is 71.7 Å². The number of nitrogens with one attached hydrogen (secondary N) is 1. The summed E-state index contributed by atoms with van der Waals surface area (Å²) >= 11 is 0. The number of aromatic nitrogens is 5. The van der Waals surface area contributed by atoms with Gasteiger partial charge < -0.3 is 54.0 Å². The molecule has 2 aliphatic heterocycles. The van der Waals surface area contributed by atoms with Gasteiger partial charge in [-0.25, -0.2) is 33.1 Å². The molecular weight excluding hydrogens is 1110 g/mol. The van der Waals surface area contributed by atoms with Crippen molar-refractivity contribution in [3.8, 4) is 23.0 Å². The van der Waals surface area contributed by atoms with Gasteiger partial charge in [0, 0.05) is 93.1 Å². The molecular formula is C58H93N11O12S2. The van der Waals surface area contributed by atoms with Gasteiger partial charge in [-0.3, -0.25) is 4.79 Å². The van der Waals surface area contributed by atoms with Crippen LogP contribution in [0.1, 0.15) is 110 Å². The largest absolute Gasteiger partial charge is 0.594 e. The first-order valence-electron chi connectivity index (χ1n) is 26.8. The monoisotopic (exact) mass is 1200 g/mol. The Kier molecular flexibility index (Phi) is 25.0. The molecule has 3 N–H and O–H groups in total. The van der Waals surface area contributed by atoms with Crippen molar-refractivity contribution in [3.63, 3.8) is 0 Å². The molecule has 5 aromatic rings. The summed E-state index contributed by atoms with van der Waals surface area (Å²) in [7, 11) is 2.22. The summed E-state index contributed by atoms with van der Waals surface area (Å²) in [6.45, 7) is 23.2. The van der Waals surface area contributed by atoms with Crippen molar-refractivity contribution >= 4 is 71.4 Å². The maximum absolute atomic E-state index is 12.5. The number of rotatable bonds is 17. The number of esters is 1. The van der Waals surface area contributed by atoms with E-state index in [2.05, 4.69) is 66.6 Å². The molecule has 0 unspecified atom stereocenters. The predicted octanol–water partition coefficient (Wildman–Crippen LogP) is 6.94. The highest BCUT2D eigenvalue weighted by Crippen LogP contribution is 2.41. The number of fused-ring (bicyclic) bond motifs is 2. The maximum Gasteiger partial charge on any atom is 0.493 e. The van der Waals surface area contributed by atoms with Crippen LogP contribution in [0.3, 0.4) is 0 Å². The van der Waals surface area contributed by atoms with E-state index in [1.54, 1.807) is 94.8 Å². The molecule has 83 heavy (non-hydrogen) atoms. The number of benzene rings is 2. The Labute approximate surface area is 493 Å². The van der Waals surface area contributed by atoms with Crippen LogP contribution < -0.4 is 53.2 Å². The number of anilines is 3. The molecule has 0 radical (unpaired) electrons. The third-order valence-corrected chi connectivity index (χ3v) is 16.5. The quantitative estimate of drug-likeness (QED) is 0.0413. The molecule has 2 fully saturated rings. The minimum absolute atomic E-state index is 0. The third-order valence-electron chi connectivity index (χ3n) is 14.2. The minimum Gasteiger partial charge on any atom is -0.594 e. The molecule has 25 heteroatoms. The number of nitrogens with zero attached hydrogens (tertiary/aromatic N) is 9. The number of methoxy groups -OCH3 is 4. The van der Waals surface area contributed by atoms with Crippen molar-refractivity contribution in [1.29, 1.82) is 0 Å². The van der Waals surface area contributed by atoms with Crippen LogP contribution in [0.15, 0.2) is 65.8 Å². The Hall–Kier alpha value is -6.57. The molecule has 0 saturated carbocycles. The van der Waals surface area contributed by atoms with Gasteiger partial charge in [0.15, 0.2) is 47.2 Å². The van der Waals surface area contributed by atoms with Gasteiger partial charge in [-0.05, 0) is 87.8 Å². The predicted molar refractivity (Wildman–Crippen MR) is 326 cm³/mol. The van der Waals surface area contributed by atoms with Crippen LogP contribution in [0.25, 0.3) is 21.8 Å². The first-order valence-corrected chi connectivity index (χ1v) is 29.8. The summed E-state index contributed by atoms with van der Waals surface area (Å²) in [5.74, 6) is 3.93. The number of hydrogen-bond donors (Lipinski definition) is 2. The van der Waals surface area contributed by atoms with Gasteiger partial charge in [0.2, 0.25) is 10.0 Å². The fraction of sp³-hybridized carbons (Fsp3) is 0.603. The van der Waals surface area contributed by atoms with Crippen LogP contribution in [0.5, 0.6) is 23.0 Å². The Bertz CT molecular complexity index is 3170. The molecule has 464 valence electrons.